The summed E-state index contributed by atoms with van der Waals surface area (Å²) in [7, 11) is 1.57. The van der Waals surface area contributed by atoms with Gasteiger partial charge in [0.25, 0.3) is 0 Å². The van der Waals surface area contributed by atoms with Crippen LogP contribution in [0.4, 0.5) is 0 Å². The number of likely N-dealkylation sites (N-methyl/N-ethyl adjacent to an activating group) is 1. The van der Waals surface area contributed by atoms with Crippen LogP contribution in [0.3, 0.4) is 0 Å². The van der Waals surface area contributed by atoms with Crippen molar-refractivity contribution in [3.8, 4) is 0 Å². The lowest BCUT2D eigenvalue weighted by Crippen LogP contribution is -2.13. The zero-order chi connectivity index (χ0) is 10.6. The quantitative estimate of drug-likeness (QED) is 0.777. The van der Waals surface area contributed by atoms with Crippen LogP contribution in [0.5, 0.6) is 0 Å². The molecule has 1 aromatic carbocycles. The molecule has 0 saturated heterocycles. The van der Waals surface area contributed by atoms with Gasteiger partial charge < -0.3 is 5.32 Å². The first-order valence-corrected chi connectivity index (χ1v) is 4.74. The first kappa shape index (κ1) is 11.1. The third-order valence-corrected chi connectivity index (χ3v) is 2.19. The largest absolute Gasteiger partial charge is 0.356 e. The Bertz CT molecular complexity index is 374. The SMILES string of the molecule is CNC(=O)/C=C/c1ccc(Cl)cc1Cl. The molecule has 1 N–H and O–H groups in total. The van der Waals surface area contributed by atoms with Gasteiger partial charge in [-0.15, -0.1) is 0 Å². The normalized spacial score (nSPS) is 10.5. The van der Waals surface area contributed by atoms with Gasteiger partial charge >= 0.3 is 0 Å². The predicted molar refractivity (Wildman–Crippen MR) is 59.6 cm³/mol. The molecule has 1 aromatic rings. The van der Waals surface area contributed by atoms with Gasteiger partial charge in [-0.25, -0.2) is 0 Å². The van der Waals surface area contributed by atoms with E-state index in [9.17, 15) is 4.79 Å². The fraction of sp³-hybridized carbons (Fsp3) is 0.100. The van der Waals surface area contributed by atoms with Gasteiger partial charge in [0.1, 0.15) is 0 Å². The molecule has 0 aliphatic rings. The summed E-state index contributed by atoms with van der Waals surface area (Å²) in [5.74, 6) is -0.170. The molecule has 0 aliphatic carbocycles. The molecule has 14 heavy (non-hydrogen) atoms. The molecule has 0 spiro atoms. The van der Waals surface area contributed by atoms with Gasteiger partial charge in [0.15, 0.2) is 0 Å². The second-order valence-electron chi connectivity index (χ2n) is 2.61. The van der Waals surface area contributed by atoms with Crippen molar-refractivity contribution in [2.75, 3.05) is 7.05 Å². The van der Waals surface area contributed by atoms with E-state index in [-0.39, 0.29) is 5.91 Å². The highest BCUT2D eigenvalue weighted by Crippen LogP contribution is 2.21. The van der Waals surface area contributed by atoms with Crippen molar-refractivity contribution < 1.29 is 4.79 Å². The van der Waals surface area contributed by atoms with E-state index in [1.807, 2.05) is 0 Å². The van der Waals surface area contributed by atoms with Crippen LogP contribution in [0, 0.1) is 0 Å². The molecule has 0 aliphatic heterocycles. The predicted octanol–water partition coefficient (Wildman–Crippen LogP) is 2.75. The molecular weight excluding hydrogens is 221 g/mol. The van der Waals surface area contributed by atoms with Crippen molar-refractivity contribution in [2.45, 2.75) is 0 Å². The van der Waals surface area contributed by atoms with E-state index in [1.165, 1.54) is 6.08 Å². The highest BCUT2D eigenvalue weighted by molar-refractivity contribution is 6.35. The molecule has 2 nitrogen and oxygen atoms in total. The minimum absolute atomic E-state index is 0.170. The van der Waals surface area contributed by atoms with Gasteiger partial charge in [0.05, 0.1) is 0 Å². The number of hydrogen-bond donors (Lipinski definition) is 1. The smallest absolute Gasteiger partial charge is 0.243 e. The van der Waals surface area contributed by atoms with Crippen molar-refractivity contribution in [3.05, 3.63) is 39.9 Å². The summed E-state index contributed by atoms with van der Waals surface area (Å²) in [4.78, 5) is 10.9. The first-order chi connectivity index (χ1) is 6.63. The Hall–Kier alpha value is -0.990. The Kier molecular flexibility index (Phi) is 3.98. The Morgan fingerprint density at radius 3 is 2.71 bits per heavy atom. The molecule has 0 fully saturated rings. The molecule has 4 heteroatoms. The first-order valence-electron chi connectivity index (χ1n) is 3.98. The zero-order valence-corrected chi connectivity index (χ0v) is 9.06. The van der Waals surface area contributed by atoms with Gasteiger partial charge in [-0.05, 0) is 23.8 Å². The Morgan fingerprint density at radius 2 is 2.14 bits per heavy atom. The van der Waals surface area contributed by atoms with Gasteiger partial charge in [-0.3, -0.25) is 4.79 Å². The second-order valence-corrected chi connectivity index (χ2v) is 3.46. The van der Waals surface area contributed by atoms with E-state index in [2.05, 4.69) is 5.32 Å². The van der Waals surface area contributed by atoms with Gasteiger partial charge in [-0.2, -0.15) is 0 Å². The Labute approximate surface area is 92.5 Å². The highest BCUT2D eigenvalue weighted by atomic mass is 35.5. The number of carbonyl (C=O) groups excluding carboxylic acids is 1. The molecule has 0 unspecified atom stereocenters. The summed E-state index contributed by atoms with van der Waals surface area (Å²) < 4.78 is 0. The van der Waals surface area contributed by atoms with Crippen LogP contribution in [0.1, 0.15) is 5.56 Å². The molecule has 0 bridgehead atoms. The topological polar surface area (TPSA) is 29.1 Å². The van der Waals surface area contributed by atoms with Crippen LogP contribution in [0.25, 0.3) is 6.08 Å². The third-order valence-electron chi connectivity index (χ3n) is 1.62. The van der Waals surface area contributed by atoms with E-state index in [0.29, 0.717) is 10.0 Å². The summed E-state index contributed by atoms with van der Waals surface area (Å²) >= 11 is 11.6. The van der Waals surface area contributed by atoms with E-state index < -0.39 is 0 Å². The van der Waals surface area contributed by atoms with Gasteiger partial charge in [0, 0.05) is 23.2 Å². The lowest BCUT2D eigenvalue weighted by molar-refractivity contribution is -0.115. The summed E-state index contributed by atoms with van der Waals surface area (Å²) in [5, 5.41) is 3.57. The second kappa shape index (κ2) is 5.03. The summed E-state index contributed by atoms with van der Waals surface area (Å²) in [6, 6.07) is 5.10. The van der Waals surface area contributed by atoms with E-state index in [4.69, 9.17) is 23.2 Å². The molecule has 74 valence electrons. The number of nitrogens with one attached hydrogen (secondary N) is 1. The molecule has 0 radical (unpaired) electrons. The molecule has 0 atom stereocenters. The molecule has 0 aromatic heterocycles. The Morgan fingerprint density at radius 1 is 1.43 bits per heavy atom. The number of hydrogen-bond acceptors (Lipinski definition) is 1. The molecule has 1 amide bonds. The zero-order valence-electron chi connectivity index (χ0n) is 7.55. The Balaban J connectivity index is 2.87. The fourth-order valence-corrected chi connectivity index (χ4v) is 1.36. The van der Waals surface area contributed by atoms with E-state index in [1.54, 1.807) is 31.3 Å². The monoisotopic (exact) mass is 229 g/mol. The number of carbonyl (C=O) groups is 1. The van der Waals surface area contributed by atoms with Crippen molar-refractivity contribution in [1.82, 2.24) is 5.32 Å². The highest BCUT2D eigenvalue weighted by Gasteiger charge is 1.97. The van der Waals surface area contributed by atoms with Crippen molar-refractivity contribution in [1.29, 1.82) is 0 Å². The van der Waals surface area contributed by atoms with Crippen LogP contribution >= 0.6 is 23.2 Å². The lowest BCUT2D eigenvalue weighted by Gasteiger charge is -1.98. The fourth-order valence-electron chi connectivity index (χ4n) is 0.885. The molecule has 1 rings (SSSR count). The maximum Gasteiger partial charge on any atom is 0.243 e. The minimum Gasteiger partial charge on any atom is -0.356 e. The van der Waals surface area contributed by atoms with Crippen LogP contribution in [0.2, 0.25) is 10.0 Å². The maximum atomic E-state index is 10.9. The molecule has 0 saturated carbocycles. The lowest BCUT2D eigenvalue weighted by atomic mass is 10.2. The average Bonchev–Trinajstić information content (AvgIpc) is 2.16. The number of rotatable bonds is 2. The van der Waals surface area contributed by atoms with Crippen LogP contribution in [-0.2, 0) is 4.79 Å². The van der Waals surface area contributed by atoms with Crippen molar-refractivity contribution in [3.63, 3.8) is 0 Å². The number of benzene rings is 1. The number of halogens is 2. The van der Waals surface area contributed by atoms with Gasteiger partial charge in [-0.1, -0.05) is 29.3 Å². The standard InChI is InChI=1S/C10H9Cl2NO/c1-13-10(14)5-3-7-2-4-8(11)6-9(7)12/h2-6H,1H3,(H,13,14)/b5-3+. The summed E-state index contributed by atoms with van der Waals surface area (Å²) in [6.45, 7) is 0. The van der Waals surface area contributed by atoms with E-state index >= 15 is 0 Å². The minimum atomic E-state index is -0.170. The van der Waals surface area contributed by atoms with Crippen molar-refractivity contribution >= 4 is 35.2 Å². The van der Waals surface area contributed by atoms with Crippen LogP contribution in [-0.4, -0.2) is 13.0 Å². The maximum absolute atomic E-state index is 10.9. The molecular formula is C10H9Cl2NO. The third kappa shape index (κ3) is 3.05. The van der Waals surface area contributed by atoms with E-state index in [0.717, 1.165) is 5.56 Å². The summed E-state index contributed by atoms with van der Waals surface area (Å²) in [6.07, 6.45) is 3.05. The van der Waals surface area contributed by atoms with Crippen molar-refractivity contribution in [2.24, 2.45) is 0 Å². The summed E-state index contributed by atoms with van der Waals surface area (Å²) in [5.41, 5.74) is 0.764. The number of amides is 1. The molecule has 0 heterocycles. The average molecular weight is 230 g/mol. The van der Waals surface area contributed by atoms with Crippen LogP contribution < -0.4 is 5.32 Å². The van der Waals surface area contributed by atoms with Gasteiger partial charge in [0.2, 0.25) is 5.91 Å². The van der Waals surface area contributed by atoms with Crippen LogP contribution in [0.15, 0.2) is 24.3 Å².